The van der Waals surface area contributed by atoms with E-state index in [0.717, 1.165) is 35.0 Å². The third-order valence-electron chi connectivity index (χ3n) is 4.93. The van der Waals surface area contributed by atoms with Gasteiger partial charge in [-0.2, -0.15) is 0 Å². The Hall–Kier alpha value is -3.30. The molecule has 2 aromatic carbocycles. The van der Waals surface area contributed by atoms with E-state index in [0.29, 0.717) is 29.1 Å². The number of ether oxygens (including phenoxy) is 1. The number of anilines is 1. The van der Waals surface area contributed by atoms with E-state index in [9.17, 15) is 4.79 Å². The van der Waals surface area contributed by atoms with Gasteiger partial charge >= 0.3 is 0 Å². The second kappa shape index (κ2) is 9.05. The minimum Gasteiger partial charge on any atom is -0.486 e. The van der Waals surface area contributed by atoms with Gasteiger partial charge in [-0.1, -0.05) is 11.6 Å². The number of thiazole rings is 1. The molecule has 4 aromatic rings. The molecule has 0 bridgehead atoms. The Morgan fingerprint density at radius 1 is 1.16 bits per heavy atom. The molecule has 1 aliphatic carbocycles. The Morgan fingerprint density at radius 2 is 1.94 bits per heavy atom. The quantitative estimate of drug-likeness (QED) is 0.409. The highest BCUT2D eigenvalue weighted by Crippen LogP contribution is 2.36. The van der Waals surface area contributed by atoms with Gasteiger partial charge in [0, 0.05) is 21.7 Å². The summed E-state index contributed by atoms with van der Waals surface area (Å²) < 4.78 is 7.57. The number of aromatic nitrogens is 5. The van der Waals surface area contributed by atoms with Crippen molar-refractivity contribution in [1.82, 2.24) is 25.2 Å². The van der Waals surface area contributed by atoms with Crippen molar-refractivity contribution in [1.29, 1.82) is 0 Å². The number of nitrogens with one attached hydrogen (secondary N) is 1. The van der Waals surface area contributed by atoms with Gasteiger partial charge in [0.1, 0.15) is 17.4 Å². The molecular weight excluding hydrogens is 448 g/mol. The number of tetrazole rings is 1. The van der Waals surface area contributed by atoms with Crippen LogP contribution >= 0.6 is 22.9 Å². The molecule has 0 saturated heterocycles. The van der Waals surface area contributed by atoms with E-state index in [-0.39, 0.29) is 12.3 Å². The first-order valence-electron chi connectivity index (χ1n) is 10.1. The van der Waals surface area contributed by atoms with Crippen molar-refractivity contribution < 1.29 is 9.53 Å². The fourth-order valence-electron chi connectivity index (χ4n) is 3.19. The molecule has 0 atom stereocenters. The third-order valence-corrected chi connectivity index (χ3v) is 6.05. The zero-order valence-electron chi connectivity index (χ0n) is 16.9. The smallest absolute Gasteiger partial charge is 0.230 e. The molecule has 32 heavy (non-hydrogen) atoms. The maximum atomic E-state index is 12.4. The van der Waals surface area contributed by atoms with Crippen LogP contribution in [0, 0.1) is 0 Å². The van der Waals surface area contributed by atoms with Crippen LogP contribution in [0.15, 0.2) is 53.9 Å². The van der Waals surface area contributed by atoms with E-state index in [1.807, 2.05) is 46.5 Å². The molecule has 1 fully saturated rings. The Labute approximate surface area is 193 Å². The number of carbonyl (C=O) groups excluding carboxylic acids is 1. The fraction of sp³-hybridized carbons (Fsp3) is 0.227. The summed E-state index contributed by atoms with van der Waals surface area (Å²) in [6.45, 7) is 0.343. The molecule has 0 radical (unpaired) electrons. The van der Waals surface area contributed by atoms with Crippen LogP contribution in [-0.2, 0) is 17.8 Å². The lowest BCUT2D eigenvalue weighted by Crippen LogP contribution is -2.14. The van der Waals surface area contributed by atoms with Crippen molar-refractivity contribution >= 4 is 34.5 Å². The van der Waals surface area contributed by atoms with Crippen molar-refractivity contribution in [3.63, 3.8) is 0 Å². The van der Waals surface area contributed by atoms with E-state index in [4.69, 9.17) is 16.3 Å². The number of benzene rings is 2. The molecule has 162 valence electrons. The molecule has 2 heterocycles. The van der Waals surface area contributed by atoms with Crippen molar-refractivity contribution in [2.24, 2.45) is 0 Å². The van der Waals surface area contributed by atoms with E-state index in [1.165, 1.54) is 11.3 Å². The van der Waals surface area contributed by atoms with E-state index < -0.39 is 0 Å². The Morgan fingerprint density at radius 3 is 2.69 bits per heavy atom. The fourth-order valence-corrected chi connectivity index (χ4v) is 4.02. The highest BCUT2D eigenvalue weighted by Gasteiger charge is 2.28. The zero-order valence-corrected chi connectivity index (χ0v) is 18.5. The Bertz CT molecular complexity index is 1220. The maximum absolute atomic E-state index is 12.4. The molecule has 1 saturated carbocycles. The minimum atomic E-state index is -0.129. The molecule has 2 aromatic heterocycles. The number of carbonyl (C=O) groups is 1. The summed E-state index contributed by atoms with van der Waals surface area (Å²) >= 11 is 7.34. The van der Waals surface area contributed by atoms with Crippen LogP contribution in [0.3, 0.4) is 0 Å². The van der Waals surface area contributed by atoms with E-state index >= 15 is 0 Å². The summed E-state index contributed by atoms with van der Waals surface area (Å²) in [6, 6.07) is 15.1. The average molecular weight is 467 g/mol. The lowest BCUT2D eigenvalue weighted by atomic mass is 10.2. The first-order valence-corrected chi connectivity index (χ1v) is 11.4. The summed E-state index contributed by atoms with van der Waals surface area (Å²) in [4.78, 5) is 16.9. The van der Waals surface area contributed by atoms with Gasteiger partial charge in [-0.3, -0.25) is 4.79 Å². The summed E-state index contributed by atoms with van der Waals surface area (Å²) in [5.41, 5.74) is 2.35. The first-order chi connectivity index (χ1) is 15.6. The molecule has 1 amide bonds. The van der Waals surface area contributed by atoms with Crippen LogP contribution in [0.2, 0.25) is 5.02 Å². The topological polar surface area (TPSA) is 94.8 Å². The van der Waals surface area contributed by atoms with Gasteiger partial charge in [0.25, 0.3) is 0 Å². The van der Waals surface area contributed by atoms with Crippen molar-refractivity contribution in [3.8, 4) is 17.1 Å². The normalized spacial score (nSPS) is 13.2. The summed E-state index contributed by atoms with van der Waals surface area (Å²) in [5, 5.41) is 18.2. The SMILES string of the molecule is O=C(Cc1csc(COc2ccc(Cl)cc2)n1)Nc1ccc(-c2nnnn2C2CC2)cc1. The minimum absolute atomic E-state index is 0.129. The largest absolute Gasteiger partial charge is 0.486 e. The van der Waals surface area contributed by atoms with Gasteiger partial charge in [-0.05, 0) is 71.8 Å². The van der Waals surface area contributed by atoms with Crippen molar-refractivity contribution in [3.05, 3.63) is 69.6 Å². The number of rotatable bonds is 8. The Balaban J connectivity index is 1.14. The van der Waals surface area contributed by atoms with E-state index in [1.54, 1.807) is 12.1 Å². The van der Waals surface area contributed by atoms with Gasteiger partial charge in [0.15, 0.2) is 5.82 Å². The molecule has 10 heteroatoms. The maximum Gasteiger partial charge on any atom is 0.230 e. The van der Waals surface area contributed by atoms with Crippen LogP contribution in [0.5, 0.6) is 5.75 Å². The second-order valence-electron chi connectivity index (χ2n) is 7.46. The van der Waals surface area contributed by atoms with Gasteiger partial charge in [-0.15, -0.1) is 16.4 Å². The number of nitrogens with zero attached hydrogens (tertiary/aromatic N) is 5. The second-order valence-corrected chi connectivity index (χ2v) is 8.83. The number of hydrogen-bond donors (Lipinski definition) is 1. The van der Waals surface area contributed by atoms with Gasteiger partial charge in [0.05, 0.1) is 18.2 Å². The van der Waals surface area contributed by atoms with Gasteiger partial charge < -0.3 is 10.1 Å². The molecule has 0 aliphatic heterocycles. The Kier molecular flexibility index (Phi) is 5.83. The summed E-state index contributed by atoms with van der Waals surface area (Å²) in [6.07, 6.45) is 2.41. The van der Waals surface area contributed by atoms with Crippen molar-refractivity contribution in [2.45, 2.75) is 31.9 Å². The standard InChI is InChI=1S/C22H19ClN6O2S/c23-15-3-9-19(10-4-15)31-12-21-25-17(13-32-21)11-20(30)24-16-5-1-14(2-6-16)22-26-27-28-29(22)18-7-8-18/h1-6,9-10,13,18H,7-8,11-12H2,(H,24,30). The van der Waals surface area contributed by atoms with Crippen LogP contribution in [0.25, 0.3) is 11.4 Å². The van der Waals surface area contributed by atoms with Crippen molar-refractivity contribution in [2.75, 3.05) is 5.32 Å². The summed E-state index contributed by atoms with van der Waals surface area (Å²) in [5.74, 6) is 1.34. The lowest BCUT2D eigenvalue weighted by Gasteiger charge is -2.06. The number of halogens is 1. The highest BCUT2D eigenvalue weighted by atomic mass is 35.5. The monoisotopic (exact) mass is 466 g/mol. The molecule has 0 spiro atoms. The molecule has 8 nitrogen and oxygen atoms in total. The molecule has 5 rings (SSSR count). The van der Waals surface area contributed by atoms with Gasteiger partial charge in [-0.25, -0.2) is 9.67 Å². The number of hydrogen-bond acceptors (Lipinski definition) is 7. The first kappa shape index (κ1) is 20.6. The lowest BCUT2D eigenvalue weighted by molar-refractivity contribution is -0.115. The van der Waals surface area contributed by atoms with Crippen LogP contribution in [0.4, 0.5) is 5.69 Å². The molecule has 1 aliphatic rings. The predicted molar refractivity (Wildman–Crippen MR) is 122 cm³/mol. The number of amides is 1. The highest BCUT2D eigenvalue weighted by molar-refractivity contribution is 7.09. The van der Waals surface area contributed by atoms with Crippen LogP contribution in [-0.4, -0.2) is 31.1 Å². The molecule has 0 unspecified atom stereocenters. The molecular formula is C22H19ClN6O2S. The van der Waals surface area contributed by atoms with Crippen LogP contribution < -0.4 is 10.1 Å². The van der Waals surface area contributed by atoms with Crippen LogP contribution in [0.1, 0.15) is 29.6 Å². The average Bonchev–Trinajstić information content (AvgIpc) is 3.35. The zero-order chi connectivity index (χ0) is 21.9. The van der Waals surface area contributed by atoms with E-state index in [2.05, 4.69) is 25.8 Å². The van der Waals surface area contributed by atoms with Gasteiger partial charge in [0.2, 0.25) is 5.91 Å². The summed E-state index contributed by atoms with van der Waals surface area (Å²) in [7, 11) is 0. The third kappa shape index (κ3) is 4.95. The predicted octanol–water partition coefficient (Wildman–Crippen LogP) is 4.55. The molecule has 1 N–H and O–H groups in total.